The Balaban J connectivity index is 2.21. The molecular weight excluding hydrogens is 284 g/mol. The topological polar surface area (TPSA) is 62.1 Å². The second-order valence-corrected chi connectivity index (χ2v) is 4.93. The summed E-state index contributed by atoms with van der Waals surface area (Å²) >= 11 is 7.24. The number of ether oxygens (including phenoxy) is 1. The first-order valence-electron chi connectivity index (χ1n) is 5.27. The number of nitriles is 1. The molecule has 0 aliphatic heterocycles. The van der Waals surface area contributed by atoms with Crippen molar-refractivity contribution in [3.05, 3.63) is 45.1 Å². The van der Waals surface area contributed by atoms with Gasteiger partial charge in [0.1, 0.15) is 5.75 Å². The average molecular weight is 293 g/mol. The molecule has 1 heterocycles. The Bertz CT molecular complexity index is 661. The number of thiophene rings is 1. The Morgan fingerprint density at radius 3 is 2.89 bits per heavy atom. The van der Waals surface area contributed by atoms with E-state index in [0.29, 0.717) is 26.9 Å². The summed E-state index contributed by atoms with van der Waals surface area (Å²) in [6, 6.07) is 8.33. The zero-order valence-electron chi connectivity index (χ0n) is 9.94. The molecule has 96 valence electrons. The van der Waals surface area contributed by atoms with Crippen molar-refractivity contribution in [2.24, 2.45) is 0 Å². The summed E-state index contributed by atoms with van der Waals surface area (Å²) < 4.78 is 5.02. The fraction of sp³-hybridized carbons (Fsp3) is 0.0769. The van der Waals surface area contributed by atoms with Gasteiger partial charge in [0.15, 0.2) is 0 Å². The summed E-state index contributed by atoms with van der Waals surface area (Å²) in [5.74, 6) is 0.345. The van der Waals surface area contributed by atoms with Crippen LogP contribution in [0.2, 0.25) is 5.02 Å². The number of methoxy groups -OCH3 is 1. The second kappa shape index (κ2) is 5.74. The van der Waals surface area contributed by atoms with Gasteiger partial charge >= 0.3 is 0 Å². The number of benzene rings is 1. The van der Waals surface area contributed by atoms with Crippen molar-refractivity contribution >= 4 is 34.5 Å². The molecule has 1 amide bonds. The first-order chi connectivity index (χ1) is 9.13. The van der Waals surface area contributed by atoms with Gasteiger partial charge in [0.25, 0.3) is 5.91 Å². The lowest BCUT2D eigenvalue weighted by atomic mass is 10.2. The Morgan fingerprint density at radius 1 is 1.47 bits per heavy atom. The van der Waals surface area contributed by atoms with Crippen molar-refractivity contribution in [3.8, 4) is 11.8 Å². The minimum absolute atomic E-state index is 0.287. The number of halogens is 1. The van der Waals surface area contributed by atoms with Crippen LogP contribution in [0.25, 0.3) is 0 Å². The van der Waals surface area contributed by atoms with E-state index in [0.717, 1.165) is 0 Å². The Morgan fingerprint density at radius 2 is 2.26 bits per heavy atom. The van der Waals surface area contributed by atoms with Crippen LogP contribution in [0.1, 0.15) is 15.2 Å². The van der Waals surface area contributed by atoms with Gasteiger partial charge in [-0.3, -0.25) is 4.79 Å². The number of amides is 1. The maximum atomic E-state index is 12.0. The van der Waals surface area contributed by atoms with Gasteiger partial charge in [-0.25, -0.2) is 0 Å². The number of hydrogen-bond acceptors (Lipinski definition) is 4. The zero-order valence-corrected chi connectivity index (χ0v) is 11.5. The minimum atomic E-state index is -0.287. The Kier molecular flexibility index (Phi) is 4.05. The van der Waals surface area contributed by atoms with Crippen LogP contribution in [0, 0.1) is 11.3 Å². The maximum Gasteiger partial charge on any atom is 0.265 e. The van der Waals surface area contributed by atoms with Gasteiger partial charge in [0.2, 0.25) is 0 Å². The molecule has 1 aromatic carbocycles. The van der Waals surface area contributed by atoms with Gasteiger partial charge in [-0.1, -0.05) is 11.6 Å². The van der Waals surface area contributed by atoms with Crippen LogP contribution in [-0.2, 0) is 0 Å². The second-order valence-electron chi connectivity index (χ2n) is 3.61. The van der Waals surface area contributed by atoms with Crippen molar-refractivity contribution < 1.29 is 9.53 Å². The van der Waals surface area contributed by atoms with Crippen LogP contribution in [-0.4, -0.2) is 13.0 Å². The molecule has 4 nitrogen and oxygen atoms in total. The highest BCUT2D eigenvalue weighted by Gasteiger charge is 2.12. The maximum absolute atomic E-state index is 12.0. The summed E-state index contributed by atoms with van der Waals surface area (Å²) in [6.07, 6.45) is 0. The van der Waals surface area contributed by atoms with Crippen molar-refractivity contribution in [1.29, 1.82) is 5.26 Å². The average Bonchev–Trinajstić information content (AvgIpc) is 2.90. The predicted octanol–water partition coefficient (Wildman–Crippen LogP) is 3.53. The van der Waals surface area contributed by atoms with Gasteiger partial charge in [-0.2, -0.15) is 5.26 Å². The van der Waals surface area contributed by atoms with Crippen LogP contribution >= 0.6 is 22.9 Å². The first-order valence-corrected chi connectivity index (χ1v) is 6.53. The fourth-order valence-electron chi connectivity index (χ4n) is 1.42. The summed E-state index contributed by atoms with van der Waals surface area (Å²) in [7, 11) is 1.54. The number of hydrogen-bond donors (Lipinski definition) is 1. The Labute approximate surface area is 119 Å². The van der Waals surface area contributed by atoms with Crippen LogP contribution in [0.3, 0.4) is 0 Å². The van der Waals surface area contributed by atoms with E-state index in [4.69, 9.17) is 21.6 Å². The van der Waals surface area contributed by atoms with Crippen LogP contribution in [0.5, 0.6) is 5.75 Å². The van der Waals surface area contributed by atoms with E-state index in [1.807, 2.05) is 6.07 Å². The summed E-state index contributed by atoms with van der Waals surface area (Å²) in [5, 5.41) is 13.6. The molecule has 0 fully saturated rings. The van der Waals surface area contributed by atoms with Crippen molar-refractivity contribution in [2.75, 3.05) is 12.4 Å². The largest absolute Gasteiger partial charge is 0.496 e. The SMILES string of the molecule is COc1csc(C(=O)Nc2cc(C#N)ccc2Cl)c1. The number of carbonyl (C=O) groups is 1. The standard InChI is InChI=1S/C13H9ClN2O2S/c1-18-9-5-12(19-7-9)13(17)16-11-4-8(6-15)2-3-10(11)14/h2-5,7H,1H3,(H,16,17). The van der Waals surface area contributed by atoms with E-state index in [2.05, 4.69) is 5.32 Å². The summed E-state index contributed by atoms with van der Waals surface area (Å²) in [4.78, 5) is 12.5. The molecule has 0 atom stereocenters. The van der Waals surface area contributed by atoms with E-state index in [1.165, 1.54) is 24.5 Å². The molecule has 0 aliphatic carbocycles. The monoisotopic (exact) mass is 292 g/mol. The smallest absolute Gasteiger partial charge is 0.265 e. The van der Waals surface area contributed by atoms with Crippen molar-refractivity contribution in [2.45, 2.75) is 0 Å². The highest BCUT2D eigenvalue weighted by Crippen LogP contribution is 2.26. The fourth-order valence-corrected chi connectivity index (χ4v) is 2.33. The Hall–Kier alpha value is -2.03. The molecule has 0 bridgehead atoms. The molecule has 0 aliphatic rings. The molecule has 1 N–H and O–H groups in total. The molecule has 19 heavy (non-hydrogen) atoms. The van der Waals surface area contributed by atoms with E-state index in [-0.39, 0.29) is 5.91 Å². The van der Waals surface area contributed by atoms with Gasteiger partial charge in [-0.05, 0) is 18.2 Å². The highest BCUT2D eigenvalue weighted by atomic mass is 35.5. The van der Waals surface area contributed by atoms with Crippen LogP contribution in [0.15, 0.2) is 29.6 Å². The predicted molar refractivity (Wildman–Crippen MR) is 75.0 cm³/mol. The van der Waals surface area contributed by atoms with Gasteiger partial charge in [0.05, 0.1) is 34.3 Å². The molecule has 2 aromatic rings. The number of nitrogens with one attached hydrogen (secondary N) is 1. The lowest BCUT2D eigenvalue weighted by molar-refractivity contribution is 0.103. The number of rotatable bonds is 3. The molecule has 0 unspecified atom stereocenters. The molecule has 6 heteroatoms. The molecule has 1 aromatic heterocycles. The lowest BCUT2D eigenvalue weighted by Gasteiger charge is -2.06. The van der Waals surface area contributed by atoms with Gasteiger partial charge < -0.3 is 10.1 Å². The number of anilines is 1. The van der Waals surface area contributed by atoms with E-state index in [1.54, 1.807) is 23.6 Å². The first kappa shape index (κ1) is 13.4. The van der Waals surface area contributed by atoms with Gasteiger partial charge in [-0.15, -0.1) is 11.3 Å². The van der Waals surface area contributed by atoms with Crippen LogP contribution < -0.4 is 10.1 Å². The van der Waals surface area contributed by atoms with Crippen LogP contribution in [0.4, 0.5) is 5.69 Å². The third-order valence-corrected chi connectivity index (χ3v) is 3.62. The van der Waals surface area contributed by atoms with E-state index >= 15 is 0 Å². The van der Waals surface area contributed by atoms with Crippen molar-refractivity contribution in [3.63, 3.8) is 0 Å². The van der Waals surface area contributed by atoms with Gasteiger partial charge in [0, 0.05) is 11.4 Å². The third-order valence-electron chi connectivity index (χ3n) is 2.38. The lowest BCUT2D eigenvalue weighted by Crippen LogP contribution is -2.10. The third kappa shape index (κ3) is 3.05. The zero-order chi connectivity index (χ0) is 13.8. The molecular formula is C13H9ClN2O2S. The summed E-state index contributed by atoms with van der Waals surface area (Å²) in [5.41, 5.74) is 0.849. The number of carbonyl (C=O) groups excluding carboxylic acids is 1. The van der Waals surface area contributed by atoms with E-state index < -0.39 is 0 Å². The molecule has 0 saturated heterocycles. The quantitative estimate of drug-likeness (QED) is 0.941. The molecule has 2 rings (SSSR count). The molecule has 0 radical (unpaired) electrons. The molecule has 0 saturated carbocycles. The summed E-state index contributed by atoms with van der Waals surface area (Å²) in [6.45, 7) is 0. The number of nitrogens with zero attached hydrogens (tertiary/aromatic N) is 1. The normalized spacial score (nSPS) is 9.74. The van der Waals surface area contributed by atoms with Crippen molar-refractivity contribution in [1.82, 2.24) is 0 Å². The minimum Gasteiger partial charge on any atom is -0.496 e. The van der Waals surface area contributed by atoms with E-state index in [9.17, 15) is 4.79 Å². The molecule has 0 spiro atoms. The highest BCUT2D eigenvalue weighted by molar-refractivity contribution is 7.12.